The minimum absolute atomic E-state index is 0.191. The van der Waals surface area contributed by atoms with Crippen LogP contribution in [0.2, 0.25) is 0 Å². The summed E-state index contributed by atoms with van der Waals surface area (Å²) in [7, 11) is 0. The van der Waals surface area contributed by atoms with Gasteiger partial charge in [0.2, 0.25) is 0 Å². The summed E-state index contributed by atoms with van der Waals surface area (Å²) >= 11 is 0. The van der Waals surface area contributed by atoms with Gasteiger partial charge in [-0.05, 0) is 23.6 Å². The second kappa shape index (κ2) is 6.29. The van der Waals surface area contributed by atoms with Crippen molar-refractivity contribution in [1.29, 1.82) is 0 Å². The molecule has 2 aromatic rings. The van der Waals surface area contributed by atoms with Crippen molar-refractivity contribution in [1.82, 2.24) is 9.78 Å². The summed E-state index contributed by atoms with van der Waals surface area (Å²) in [6.45, 7) is 3.32. The molecule has 4 nitrogen and oxygen atoms in total. The molecule has 0 spiro atoms. The second-order valence-electron chi connectivity index (χ2n) is 4.57. The highest BCUT2D eigenvalue weighted by atomic mass is 16.1. The highest BCUT2D eigenvalue weighted by Gasteiger charge is 2.09. The van der Waals surface area contributed by atoms with Gasteiger partial charge in [-0.15, -0.1) is 0 Å². The Labute approximate surface area is 113 Å². The number of aromatic nitrogens is 2. The van der Waals surface area contributed by atoms with E-state index >= 15 is 0 Å². The molecular formula is C15H19N3O. The maximum atomic E-state index is 12.1. The molecule has 0 saturated heterocycles. The van der Waals surface area contributed by atoms with Gasteiger partial charge in [0.25, 0.3) is 0 Å². The molecule has 0 fully saturated rings. The van der Waals surface area contributed by atoms with Crippen LogP contribution in [0.1, 0.15) is 23.6 Å². The molecule has 0 atom stereocenters. The van der Waals surface area contributed by atoms with E-state index in [1.807, 2.05) is 42.1 Å². The smallest absolute Gasteiger partial charge is 0.141 e. The van der Waals surface area contributed by atoms with E-state index in [0.717, 1.165) is 23.2 Å². The maximum Gasteiger partial charge on any atom is 0.141 e. The van der Waals surface area contributed by atoms with E-state index in [9.17, 15) is 4.79 Å². The number of hydrogen-bond acceptors (Lipinski definition) is 3. The summed E-state index contributed by atoms with van der Waals surface area (Å²) in [5.41, 5.74) is 8.71. The highest BCUT2D eigenvalue weighted by molar-refractivity contribution is 5.83. The Morgan fingerprint density at radius 2 is 2.00 bits per heavy atom. The molecule has 0 aliphatic rings. The number of benzene rings is 1. The summed E-state index contributed by atoms with van der Waals surface area (Å²) < 4.78 is 1.83. The third-order valence-corrected chi connectivity index (χ3v) is 3.14. The first kappa shape index (κ1) is 13.5. The van der Waals surface area contributed by atoms with E-state index in [4.69, 9.17) is 5.73 Å². The molecule has 0 aliphatic heterocycles. The van der Waals surface area contributed by atoms with Gasteiger partial charge in [-0.2, -0.15) is 5.10 Å². The third-order valence-electron chi connectivity index (χ3n) is 3.14. The number of carbonyl (C=O) groups is 1. The van der Waals surface area contributed by atoms with Gasteiger partial charge in [-0.25, -0.2) is 0 Å². The Morgan fingerprint density at radius 1 is 1.26 bits per heavy atom. The molecule has 1 heterocycles. The van der Waals surface area contributed by atoms with Crippen LogP contribution in [0, 0.1) is 0 Å². The zero-order chi connectivity index (χ0) is 13.7. The predicted molar refractivity (Wildman–Crippen MR) is 74.6 cm³/mol. The van der Waals surface area contributed by atoms with Crippen LogP contribution in [-0.4, -0.2) is 15.6 Å². The number of nitrogens with zero attached hydrogens (tertiary/aromatic N) is 2. The van der Waals surface area contributed by atoms with Gasteiger partial charge in [0, 0.05) is 32.1 Å². The number of carbonyl (C=O) groups excluding carboxylic acids is 1. The van der Waals surface area contributed by atoms with E-state index in [0.29, 0.717) is 19.4 Å². The van der Waals surface area contributed by atoms with Gasteiger partial charge in [-0.3, -0.25) is 9.48 Å². The average molecular weight is 257 g/mol. The molecule has 0 amide bonds. The lowest BCUT2D eigenvalue weighted by Gasteiger charge is -2.06. The molecular weight excluding hydrogens is 238 g/mol. The zero-order valence-corrected chi connectivity index (χ0v) is 11.2. The van der Waals surface area contributed by atoms with E-state index in [1.165, 1.54) is 0 Å². The first-order valence-electron chi connectivity index (χ1n) is 6.52. The van der Waals surface area contributed by atoms with Crippen molar-refractivity contribution in [3.63, 3.8) is 0 Å². The van der Waals surface area contributed by atoms with Crippen LogP contribution in [0.25, 0.3) is 0 Å². The second-order valence-corrected chi connectivity index (χ2v) is 4.57. The largest absolute Gasteiger partial charge is 0.326 e. The van der Waals surface area contributed by atoms with Crippen LogP contribution in [0.15, 0.2) is 36.7 Å². The summed E-state index contributed by atoms with van der Waals surface area (Å²) in [4.78, 5) is 12.1. The molecule has 0 unspecified atom stereocenters. The summed E-state index contributed by atoms with van der Waals surface area (Å²) in [6.07, 6.45) is 4.55. The van der Waals surface area contributed by atoms with Gasteiger partial charge in [-0.1, -0.05) is 24.3 Å². The highest BCUT2D eigenvalue weighted by Crippen LogP contribution is 2.11. The molecule has 1 aromatic heterocycles. The number of nitrogens with two attached hydrogens (primary N) is 1. The van der Waals surface area contributed by atoms with Crippen LogP contribution < -0.4 is 5.73 Å². The van der Waals surface area contributed by atoms with E-state index in [1.54, 1.807) is 6.20 Å². The lowest BCUT2D eigenvalue weighted by Crippen LogP contribution is -2.09. The minimum Gasteiger partial charge on any atom is -0.326 e. The quantitative estimate of drug-likeness (QED) is 0.857. The van der Waals surface area contributed by atoms with Gasteiger partial charge in [0.15, 0.2) is 0 Å². The Kier molecular flexibility index (Phi) is 4.47. The molecule has 0 radical (unpaired) electrons. The molecule has 2 rings (SSSR count). The molecule has 2 N–H and O–H groups in total. The first-order valence-corrected chi connectivity index (χ1v) is 6.52. The predicted octanol–water partition coefficient (Wildman–Crippen LogP) is 1.72. The van der Waals surface area contributed by atoms with E-state index in [-0.39, 0.29) is 5.78 Å². The normalized spacial score (nSPS) is 10.6. The van der Waals surface area contributed by atoms with Crippen LogP contribution in [0.3, 0.4) is 0 Å². The van der Waals surface area contributed by atoms with Crippen LogP contribution in [0.5, 0.6) is 0 Å². The lowest BCUT2D eigenvalue weighted by atomic mass is 10.00. The molecule has 1 aromatic carbocycles. The number of ketones is 1. The molecule has 19 heavy (non-hydrogen) atoms. The molecule has 0 saturated carbocycles. The van der Waals surface area contributed by atoms with Crippen molar-refractivity contribution in [2.24, 2.45) is 5.73 Å². The number of Topliss-reactive ketones (excluding diaryl/α,β-unsaturated/α-hetero) is 1. The summed E-state index contributed by atoms with van der Waals surface area (Å²) in [6, 6.07) is 7.83. The number of hydrogen-bond donors (Lipinski definition) is 1. The fourth-order valence-electron chi connectivity index (χ4n) is 2.10. The number of rotatable bonds is 6. The van der Waals surface area contributed by atoms with Crippen molar-refractivity contribution in [3.8, 4) is 0 Å². The molecule has 100 valence electrons. The average Bonchev–Trinajstić information content (AvgIpc) is 2.87. The van der Waals surface area contributed by atoms with Gasteiger partial charge >= 0.3 is 0 Å². The topological polar surface area (TPSA) is 60.9 Å². The fraction of sp³-hybridized carbons (Fsp3) is 0.333. The maximum absolute atomic E-state index is 12.1. The fourth-order valence-corrected chi connectivity index (χ4v) is 2.10. The summed E-state index contributed by atoms with van der Waals surface area (Å²) in [5.74, 6) is 0.191. The lowest BCUT2D eigenvalue weighted by molar-refractivity contribution is -0.117. The van der Waals surface area contributed by atoms with Crippen LogP contribution in [0.4, 0.5) is 0 Å². The van der Waals surface area contributed by atoms with Gasteiger partial charge in [0.05, 0.1) is 6.20 Å². The van der Waals surface area contributed by atoms with Crippen LogP contribution >= 0.6 is 0 Å². The Morgan fingerprint density at radius 3 is 2.63 bits per heavy atom. The minimum atomic E-state index is 0.191. The molecule has 0 bridgehead atoms. The molecule has 0 aliphatic carbocycles. The monoisotopic (exact) mass is 257 g/mol. The van der Waals surface area contributed by atoms with Crippen molar-refractivity contribution in [2.75, 3.05) is 0 Å². The van der Waals surface area contributed by atoms with Crippen molar-refractivity contribution in [3.05, 3.63) is 53.3 Å². The van der Waals surface area contributed by atoms with Crippen molar-refractivity contribution in [2.45, 2.75) is 32.9 Å². The zero-order valence-electron chi connectivity index (χ0n) is 11.2. The Bertz CT molecular complexity index is 560. The van der Waals surface area contributed by atoms with Crippen molar-refractivity contribution < 1.29 is 4.79 Å². The number of aryl methyl sites for hydroxylation is 1. The van der Waals surface area contributed by atoms with E-state index < -0.39 is 0 Å². The Balaban J connectivity index is 2.01. The van der Waals surface area contributed by atoms with Crippen LogP contribution in [-0.2, 0) is 30.7 Å². The first-order chi connectivity index (χ1) is 9.22. The SMILES string of the molecule is CCn1cc(CC(=O)Cc2ccccc2CN)cn1. The van der Waals surface area contributed by atoms with E-state index in [2.05, 4.69) is 5.10 Å². The van der Waals surface area contributed by atoms with Gasteiger partial charge < -0.3 is 5.73 Å². The third kappa shape index (κ3) is 3.51. The Hall–Kier alpha value is -1.94. The van der Waals surface area contributed by atoms with Gasteiger partial charge in [0.1, 0.15) is 5.78 Å². The standard InChI is InChI=1S/C15H19N3O/c1-2-18-11-12(10-17-18)7-15(19)8-13-5-3-4-6-14(13)9-16/h3-6,10-11H,2,7-9,16H2,1H3. The molecule has 4 heteroatoms. The summed E-state index contributed by atoms with van der Waals surface area (Å²) in [5, 5.41) is 4.17. The van der Waals surface area contributed by atoms with Crippen molar-refractivity contribution >= 4 is 5.78 Å².